The SMILES string of the molecule is Cc1cccc(-c2nnc(-c3ccc(C(=O)NCc4ccccn4)cc3)o2)c1. The van der Waals surface area contributed by atoms with Crippen LogP contribution < -0.4 is 5.32 Å². The average Bonchev–Trinajstić information content (AvgIpc) is 3.23. The van der Waals surface area contributed by atoms with Gasteiger partial charge in [0.2, 0.25) is 11.8 Å². The summed E-state index contributed by atoms with van der Waals surface area (Å²) in [6.45, 7) is 2.39. The van der Waals surface area contributed by atoms with Gasteiger partial charge >= 0.3 is 0 Å². The van der Waals surface area contributed by atoms with Gasteiger partial charge in [-0.1, -0.05) is 23.8 Å². The molecule has 0 aliphatic carbocycles. The van der Waals surface area contributed by atoms with Crippen molar-refractivity contribution in [3.63, 3.8) is 0 Å². The Morgan fingerprint density at radius 1 is 0.929 bits per heavy atom. The molecule has 1 N–H and O–H groups in total. The van der Waals surface area contributed by atoms with Crippen LogP contribution in [-0.4, -0.2) is 21.1 Å². The molecule has 0 unspecified atom stereocenters. The highest BCUT2D eigenvalue weighted by molar-refractivity contribution is 5.94. The molecule has 0 atom stereocenters. The van der Waals surface area contributed by atoms with Gasteiger partial charge in [0, 0.05) is 22.9 Å². The van der Waals surface area contributed by atoms with E-state index >= 15 is 0 Å². The fourth-order valence-corrected chi connectivity index (χ4v) is 2.77. The molecule has 0 aliphatic rings. The predicted octanol–water partition coefficient (Wildman–Crippen LogP) is 4.04. The normalized spacial score (nSPS) is 10.6. The van der Waals surface area contributed by atoms with E-state index in [9.17, 15) is 4.79 Å². The fraction of sp³-hybridized carbons (Fsp3) is 0.0909. The number of carbonyl (C=O) groups excluding carboxylic acids is 1. The van der Waals surface area contributed by atoms with Gasteiger partial charge in [-0.05, 0) is 55.5 Å². The quantitative estimate of drug-likeness (QED) is 0.573. The number of amides is 1. The van der Waals surface area contributed by atoms with Crippen LogP contribution in [-0.2, 0) is 6.54 Å². The van der Waals surface area contributed by atoms with Crippen molar-refractivity contribution in [3.05, 3.63) is 89.7 Å². The Morgan fingerprint density at radius 3 is 2.43 bits per heavy atom. The van der Waals surface area contributed by atoms with Crippen molar-refractivity contribution in [3.8, 4) is 22.9 Å². The highest BCUT2D eigenvalue weighted by Crippen LogP contribution is 2.24. The van der Waals surface area contributed by atoms with E-state index < -0.39 is 0 Å². The molecule has 6 heteroatoms. The highest BCUT2D eigenvalue weighted by Gasteiger charge is 2.12. The summed E-state index contributed by atoms with van der Waals surface area (Å²) in [5.41, 5.74) is 4.12. The van der Waals surface area contributed by atoms with Gasteiger partial charge in [0.1, 0.15) is 0 Å². The van der Waals surface area contributed by atoms with Gasteiger partial charge in [-0.15, -0.1) is 10.2 Å². The second-order valence-corrected chi connectivity index (χ2v) is 6.36. The van der Waals surface area contributed by atoms with Crippen molar-refractivity contribution in [1.29, 1.82) is 0 Å². The summed E-state index contributed by atoms with van der Waals surface area (Å²) >= 11 is 0. The Hall–Kier alpha value is -3.80. The lowest BCUT2D eigenvalue weighted by Gasteiger charge is -2.05. The van der Waals surface area contributed by atoms with Gasteiger partial charge in [0.25, 0.3) is 5.91 Å². The standard InChI is InChI=1S/C22H18N4O2/c1-15-5-4-6-18(13-15)22-26-25-21(28-22)17-10-8-16(9-11-17)20(27)24-14-19-7-2-3-12-23-19/h2-13H,14H2,1H3,(H,24,27). The molecule has 1 amide bonds. The van der Waals surface area contributed by atoms with Gasteiger partial charge < -0.3 is 9.73 Å². The summed E-state index contributed by atoms with van der Waals surface area (Å²) in [5.74, 6) is 0.719. The Kier molecular flexibility index (Phi) is 4.93. The van der Waals surface area contributed by atoms with Crippen LogP contribution in [0, 0.1) is 6.92 Å². The molecule has 138 valence electrons. The Balaban J connectivity index is 1.45. The zero-order valence-corrected chi connectivity index (χ0v) is 15.3. The lowest BCUT2D eigenvalue weighted by atomic mass is 10.1. The van der Waals surface area contributed by atoms with Crippen LogP contribution in [0.25, 0.3) is 22.9 Å². The maximum absolute atomic E-state index is 12.3. The van der Waals surface area contributed by atoms with E-state index in [0.29, 0.717) is 23.9 Å². The number of pyridine rings is 1. The lowest BCUT2D eigenvalue weighted by molar-refractivity contribution is 0.0950. The number of nitrogens with one attached hydrogen (secondary N) is 1. The molecule has 0 radical (unpaired) electrons. The summed E-state index contributed by atoms with van der Waals surface area (Å²) in [4.78, 5) is 16.5. The summed E-state index contributed by atoms with van der Waals surface area (Å²) in [6.07, 6.45) is 1.70. The molecule has 0 fully saturated rings. The van der Waals surface area contributed by atoms with E-state index in [1.54, 1.807) is 30.5 Å². The minimum Gasteiger partial charge on any atom is -0.416 e. The minimum absolute atomic E-state index is 0.164. The van der Waals surface area contributed by atoms with Crippen LogP contribution >= 0.6 is 0 Å². The summed E-state index contributed by atoms with van der Waals surface area (Å²) in [5, 5.41) is 11.1. The Labute approximate surface area is 162 Å². The Morgan fingerprint density at radius 2 is 1.71 bits per heavy atom. The second kappa shape index (κ2) is 7.84. The third-order valence-corrected chi connectivity index (χ3v) is 4.24. The average molecular weight is 370 g/mol. The Bertz CT molecular complexity index is 1090. The largest absolute Gasteiger partial charge is 0.416 e. The van der Waals surface area contributed by atoms with Crippen LogP contribution in [0.5, 0.6) is 0 Å². The van der Waals surface area contributed by atoms with Crippen LogP contribution in [0.4, 0.5) is 0 Å². The van der Waals surface area contributed by atoms with Gasteiger partial charge in [0.05, 0.1) is 12.2 Å². The molecular formula is C22H18N4O2. The number of nitrogens with zero attached hydrogens (tertiary/aromatic N) is 3. The number of hydrogen-bond donors (Lipinski definition) is 1. The van der Waals surface area contributed by atoms with Crippen LogP contribution in [0.1, 0.15) is 21.6 Å². The molecule has 0 bridgehead atoms. The molecule has 6 nitrogen and oxygen atoms in total. The third kappa shape index (κ3) is 3.96. The van der Waals surface area contributed by atoms with Crippen molar-refractivity contribution in [2.45, 2.75) is 13.5 Å². The molecule has 0 spiro atoms. The maximum Gasteiger partial charge on any atom is 0.251 e. The summed E-state index contributed by atoms with van der Waals surface area (Å²) in [6, 6.07) is 20.5. The predicted molar refractivity (Wildman–Crippen MR) is 105 cm³/mol. The number of rotatable bonds is 5. The van der Waals surface area contributed by atoms with Crippen molar-refractivity contribution >= 4 is 5.91 Å². The monoisotopic (exact) mass is 370 g/mol. The first-order valence-corrected chi connectivity index (χ1v) is 8.88. The molecule has 4 rings (SSSR count). The van der Waals surface area contributed by atoms with Crippen LogP contribution in [0.15, 0.2) is 77.3 Å². The molecule has 4 aromatic rings. The third-order valence-electron chi connectivity index (χ3n) is 4.24. The summed E-state index contributed by atoms with van der Waals surface area (Å²) in [7, 11) is 0. The molecule has 0 saturated heterocycles. The first kappa shape index (κ1) is 17.6. The van der Waals surface area contributed by atoms with E-state index in [1.165, 1.54) is 0 Å². The van der Waals surface area contributed by atoms with E-state index in [0.717, 1.165) is 22.4 Å². The van der Waals surface area contributed by atoms with Gasteiger partial charge in [-0.25, -0.2) is 0 Å². The van der Waals surface area contributed by atoms with Crippen molar-refractivity contribution in [1.82, 2.24) is 20.5 Å². The zero-order chi connectivity index (χ0) is 19.3. The van der Waals surface area contributed by atoms with Crippen molar-refractivity contribution in [2.75, 3.05) is 0 Å². The topological polar surface area (TPSA) is 80.9 Å². The number of aromatic nitrogens is 3. The van der Waals surface area contributed by atoms with Crippen LogP contribution in [0.3, 0.4) is 0 Å². The van der Waals surface area contributed by atoms with Gasteiger partial charge in [-0.3, -0.25) is 9.78 Å². The van der Waals surface area contributed by atoms with Crippen molar-refractivity contribution < 1.29 is 9.21 Å². The van der Waals surface area contributed by atoms with E-state index in [-0.39, 0.29) is 5.91 Å². The fourth-order valence-electron chi connectivity index (χ4n) is 2.77. The summed E-state index contributed by atoms with van der Waals surface area (Å²) < 4.78 is 5.79. The number of aryl methyl sites for hydroxylation is 1. The van der Waals surface area contributed by atoms with E-state index in [2.05, 4.69) is 20.5 Å². The van der Waals surface area contributed by atoms with Gasteiger partial charge in [0.15, 0.2) is 0 Å². The number of carbonyl (C=O) groups is 1. The number of benzene rings is 2. The molecular weight excluding hydrogens is 352 g/mol. The maximum atomic E-state index is 12.3. The molecule has 28 heavy (non-hydrogen) atoms. The first-order valence-electron chi connectivity index (χ1n) is 8.88. The lowest BCUT2D eigenvalue weighted by Crippen LogP contribution is -2.23. The van der Waals surface area contributed by atoms with Crippen LogP contribution in [0.2, 0.25) is 0 Å². The molecule has 2 aromatic heterocycles. The highest BCUT2D eigenvalue weighted by atomic mass is 16.4. The van der Waals surface area contributed by atoms with E-state index in [4.69, 9.17) is 4.42 Å². The molecule has 0 saturated carbocycles. The number of hydrogen-bond acceptors (Lipinski definition) is 5. The van der Waals surface area contributed by atoms with Gasteiger partial charge in [-0.2, -0.15) is 0 Å². The first-order chi connectivity index (χ1) is 13.7. The second-order valence-electron chi connectivity index (χ2n) is 6.36. The smallest absolute Gasteiger partial charge is 0.251 e. The molecule has 2 heterocycles. The zero-order valence-electron chi connectivity index (χ0n) is 15.3. The molecule has 0 aliphatic heterocycles. The van der Waals surface area contributed by atoms with Crippen molar-refractivity contribution in [2.24, 2.45) is 0 Å². The minimum atomic E-state index is -0.164. The molecule has 2 aromatic carbocycles. The van der Waals surface area contributed by atoms with E-state index in [1.807, 2.05) is 49.4 Å².